The molecule has 2 unspecified atom stereocenters. The van der Waals surface area contributed by atoms with Gasteiger partial charge in [-0.05, 0) is 56.3 Å². The number of ether oxygens (including phenoxy) is 1. The predicted octanol–water partition coefficient (Wildman–Crippen LogP) is 3.75. The van der Waals surface area contributed by atoms with Crippen molar-refractivity contribution in [2.75, 3.05) is 7.11 Å². The van der Waals surface area contributed by atoms with Crippen LogP contribution in [-0.2, 0) is 4.74 Å². The lowest BCUT2D eigenvalue weighted by Gasteiger charge is -2.38. The minimum Gasteiger partial charge on any atom is -0.380 e. The highest BCUT2D eigenvalue weighted by Crippen LogP contribution is 2.38. The van der Waals surface area contributed by atoms with E-state index < -0.39 is 0 Å². The van der Waals surface area contributed by atoms with Crippen molar-refractivity contribution in [3.8, 4) is 0 Å². The zero-order valence-electron chi connectivity index (χ0n) is 12.7. The van der Waals surface area contributed by atoms with Gasteiger partial charge in [0.05, 0.1) is 6.10 Å². The monoisotopic (exact) mass is 253 g/mol. The van der Waals surface area contributed by atoms with Crippen LogP contribution in [0.25, 0.3) is 0 Å². The first-order valence-electron chi connectivity index (χ1n) is 7.79. The lowest BCUT2D eigenvalue weighted by molar-refractivity contribution is 0.0744. The van der Waals surface area contributed by atoms with Crippen LogP contribution in [0.5, 0.6) is 0 Å². The Kier molecular flexibility index (Phi) is 4.71. The van der Waals surface area contributed by atoms with E-state index in [1.807, 2.05) is 7.11 Å². The SMILES string of the molecule is COC1CCCC1NC1CCC(C(C)(C)C)CC1. The second-order valence-corrected chi connectivity index (χ2v) is 7.39. The zero-order valence-corrected chi connectivity index (χ0v) is 12.7. The average Bonchev–Trinajstić information content (AvgIpc) is 2.76. The van der Waals surface area contributed by atoms with E-state index in [4.69, 9.17) is 4.74 Å². The van der Waals surface area contributed by atoms with E-state index in [-0.39, 0.29) is 0 Å². The molecule has 0 saturated heterocycles. The molecule has 2 saturated carbocycles. The predicted molar refractivity (Wildman–Crippen MR) is 76.8 cm³/mol. The smallest absolute Gasteiger partial charge is 0.0724 e. The van der Waals surface area contributed by atoms with E-state index in [2.05, 4.69) is 26.1 Å². The fourth-order valence-corrected chi connectivity index (χ4v) is 3.83. The Hall–Kier alpha value is -0.0800. The lowest BCUT2D eigenvalue weighted by atomic mass is 9.71. The van der Waals surface area contributed by atoms with Crippen molar-refractivity contribution in [1.29, 1.82) is 0 Å². The molecule has 2 aliphatic rings. The van der Waals surface area contributed by atoms with E-state index in [1.54, 1.807) is 0 Å². The van der Waals surface area contributed by atoms with Crippen LogP contribution in [0.2, 0.25) is 0 Å². The molecule has 2 atom stereocenters. The quantitative estimate of drug-likeness (QED) is 0.827. The highest BCUT2D eigenvalue weighted by Gasteiger charge is 2.33. The third-order valence-corrected chi connectivity index (χ3v) is 5.16. The molecule has 0 aromatic carbocycles. The zero-order chi connectivity index (χ0) is 13.2. The molecule has 0 aliphatic heterocycles. The molecule has 106 valence electrons. The van der Waals surface area contributed by atoms with Crippen LogP contribution < -0.4 is 5.32 Å². The number of nitrogens with one attached hydrogen (secondary N) is 1. The summed E-state index contributed by atoms with van der Waals surface area (Å²) in [5.74, 6) is 0.914. The maximum absolute atomic E-state index is 5.58. The minimum absolute atomic E-state index is 0.463. The van der Waals surface area contributed by atoms with E-state index in [0.717, 1.165) is 12.0 Å². The van der Waals surface area contributed by atoms with Crippen molar-refractivity contribution < 1.29 is 4.74 Å². The molecule has 2 fully saturated rings. The number of hydrogen-bond acceptors (Lipinski definition) is 2. The van der Waals surface area contributed by atoms with Gasteiger partial charge in [0.15, 0.2) is 0 Å². The summed E-state index contributed by atoms with van der Waals surface area (Å²) in [5.41, 5.74) is 0.493. The van der Waals surface area contributed by atoms with Gasteiger partial charge in [0.2, 0.25) is 0 Å². The van der Waals surface area contributed by atoms with Crippen molar-refractivity contribution in [2.24, 2.45) is 11.3 Å². The van der Waals surface area contributed by atoms with E-state index in [1.165, 1.54) is 44.9 Å². The van der Waals surface area contributed by atoms with E-state index in [9.17, 15) is 0 Å². The Bertz CT molecular complexity index is 250. The molecule has 2 heteroatoms. The normalized spacial score (nSPS) is 38.0. The van der Waals surface area contributed by atoms with Crippen LogP contribution in [-0.4, -0.2) is 25.3 Å². The topological polar surface area (TPSA) is 21.3 Å². The van der Waals surface area contributed by atoms with Gasteiger partial charge >= 0.3 is 0 Å². The van der Waals surface area contributed by atoms with Crippen molar-refractivity contribution in [2.45, 2.75) is 83.9 Å². The van der Waals surface area contributed by atoms with Gasteiger partial charge in [-0.15, -0.1) is 0 Å². The molecule has 0 heterocycles. The largest absolute Gasteiger partial charge is 0.380 e. The van der Waals surface area contributed by atoms with E-state index >= 15 is 0 Å². The lowest BCUT2D eigenvalue weighted by Crippen LogP contribution is -2.45. The summed E-state index contributed by atoms with van der Waals surface area (Å²) in [7, 11) is 1.86. The third-order valence-electron chi connectivity index (χ3n) is 5.16. The summed E-state index contributed by atoms with van der Waals surface area (Å²) >= 11 is 0. The minimum atomic E-state index is 0.463. The Morgan fingerprint density at radius 3 is 2.17 bits per heavy atom. The van der Waals surface area contributed by atoms with Crippen molar-refractivity contribution >= 4 is 0 Å². The van der Waals surface area contributed by atoms with Gasteiger partial charge in [-0.3, -0.25) is 0 Å². The summed E-state index contributed by atoms with van der Waals surface area (Å²) in [5, 5.41) is 3.87. The molecular formula is C16H31NO. The third kappa shape index (κ3) is 3.48. The molecular weight excluding hydrogens is 222 g/mol. The van der Waals surface area contributed by atoms with Crippen molar-refractivity contribution in [3.63, 3.8) is 0 Å². The molecule has 2 rings (SSSR count). The first kappa shape index (κ1) is 14.3. The fourth-order valence-electron chi connectivity index (χ4n) is 3.83. The Labute approximate surface area is 113 Å². The van der Waals surface area contributed by atoms with Gasteiger partial charge in [0, 0.05) is 19.2 Å². The molecule has 0 aromatic rings. The van der Waals surface area contributed by atoms with E-state index in [0.29, 0.717) is 17.6 Å². The standard InChI is InChI=1S/C16H31NO/c1-16(2,3)12-8-10-13(11-9-12)17-14-6-5-7-15(14)18-4/h12-15,17H,5-11H2,1-4H3. The molecule has 0 aromatic heterocycles. The Balaban J connectivity index is 1.77. The van der Waals surface area contributed by atoms with Crippen molar-refractivity contribution in [3.05, 3.63) is 0 Å². The van der Waals surface area contributed by atoms with Gasteiger partial charge in [-0.25, -0.2) is 0 Å². The first-order valence-corrected chi connectivity index (χ1v) is 7.79. The molecule has 0 amide bonds. The molecule has 0 radical (unpaired) electrons. The molecule has 18 heavy (non-hydrogen) atoms. The molecule has 2 aliphatic carbocycles. The highest BCUT2D eigenvalue weighted by atomic mass is 16.5. The van der Waals surface area contributed by atoms with Crippen LogP contribution in [0.4, 0.5) is 0 Å². The number of hydrogen-bond donors (Lipinski definition) is 1. The average molecular weight is 253 g/mol. The molecule has 1 N–H and O–H groups in total. The van der Waals surface area contributed by atoms with Gasteiger partial charge in [-0.1, -0.05) is 20.8 Å². The molecule has 2 nitrogen and oxygen atoms in total. The van der Waals surface area contributed by atoms with Gasteiger partial charge in [0.1, 0.15) is 0 Å². The number of methoxy groups -OCH3 is 1. The highest BCUT2D eigenvalue weighted by molar-refractivity contribution is 4.89. The summed E-state index contributed by atoms with van der Waals surface area (Å²) in [6.07, 6.45) is 9.84. The second kappa shape index (κ2) is 5.92. The molecule has 0 bridgehead atoms. The molecule has 0 spiro atoms. The van der Waals surface area contributed by atoms with Crippen LogP contribution in [0.1, 0.15) is 65.7 Å². The van der Waals surface area contributed by atoms with Gasteiger partial charge in [0.25, 0.3) is 0 Å². The van der Waals surface area contributed by atoms with Crippen LogP contribution in [0.3, 0.4) is 0 Å². The maximum Gasteiger partial charge on any atom is 0.0724 e. The summed E-state index contributed by atoms with van der Waals surface area (Å²) in [4.78, 5) is 0. The van der Waals surface area contributed by atoms with Crippen molar-refractivity contribution in [1.82, 2.24) is 5.32 Å². The summed E-state index contributed by atoms with van der Waals surface area (Å²) in [6.45, 7) is 7.18. The van der Waals surface area contributed by atoms with Crippen LogP contribution >= 0.6 is 0 Å². The fraction of sp³-hybridized carbons (Fsp3) is 1.00. The maximum atomic E-state index is 5.58. The second-order valence-electron chi connectivity index (χ2n) is 7.39. The summed E-state index contributed by atoms with van der Waals surface area (Å²) in [6, 6.07) is 1.36. The summed E-state index contributed by atoms with van der Waals surface area (Å²) < 4.78 is 5.58. The van der Waals surface area contributed by atoms with Crippen LogP contribution in [0.15, 0.2) is 0 Å². The first-order chi connectivity index (χ1) is 8.50. The number of rotatable bonds is 3. The van der Waals surface area contributed by atoms with Crippen LogP contribution in [0, 0.1) is 11.3 Å². The Morgan fingerprint density at radius 2 is 1.61 bits per heavy atom. The van der Waals surface area contributed by atoms with Gasteiger partial charge < -0.3 is 10.1 Å². The Morgan fingerprint density at radius 1 is 0.944 bits per heavy atom. The van der Waals surface area contributed by atoms with Gasteiger partial charge in [-0.2, -0.15) is 0 Å².